The lowest BCUT2D eigenvalue weighted by molar-refractivity contribution is -0.134. The van der Waals surface area contributed by atoms with Crippen LogP contribution in [0.25, 0.3) is 0 Å². The van der Waals surface area contributed by atoms with E-state index in [1.165, 1.54) is 31.3 Å². The number of amides is 1. The summed E-state index contributed by atoms with van der Waals surface area (Å²) >= 11 is 0. The number of carbonyl (C=O) groups excluding carboxylic acids is 1. The summed E-state index contributed by atoms with van der Waals surface area (Å²) < 4.78 is 0. The number of hydrogen-bond donors (Lipinski definition) is 0. The summed E-state index contributed by atoms with van der Waals surface area (Å²) in [6.45, 7) is 11.4. The zero-order valence-corrected chi connectivity index (χ0v) is 15.4. The lowest BCUT2D eigenvalue weighted by Crippen LogP contribution is -2.51. The van der Waals surface area contributed by atoms with Crippen LogP contribution in [0.1, 0.15) is 92.4 Å². The van der Waals surface area contributed by atoms with E-state index >= 15 is 0 Å². The van der Waals surface area contributed by atoms with Crippen molar-refractivity contribution in [3.63, 3.8) is 0 Å². The first kappa shape index (κ1) is 17.6. The van der Waals surface area contributed by atoms with Gasteiger partial charge in [-0.15, -0.1) is 0 Å². The predicted octanol–water partition coefficient (Wildman–Crippen LogP) is 5.47. The molecule has 126 valence electrons. The Kier molecular flexibility index (Phi) is 5.74. The van der Waals surface area contributed by atoms with Crippen molar-refractivity contribution >= 4 is 5.91 Å². The van der Waals surface area contributed by atoms with Crippen LogP contribution in [0.3, 0.4) is 0 Å². The van der Waals surface area contributed by atoms with E-state index in [2.05, 4.69) is 39.5 Å². The molecule has 2 aliphatic rings. The summed E-state index contributed by atoms with van der Waals surface area (Å²) in [5.41, 5.74) is 3.08. The van der Waals surface area contributed by atoms with Crippen LogP contribution in [0.15, 0.2) is 11.1 Å². The lowest BCUT2D eigenvalue weighted by Gasteiger charge is -2.45. The molecule has 1 saturated carbocycles. The van der Waals surface area contributed by atoms with Gasteiger partial charge in [0, 0.05) is 17.7 Å². The van der Waals surface area contributed by atoms with Gasteiger partial charge in [-0.1, -0.05) is 46.1 Å². The molecular weight excluding hydrogens is 270 g/mol. The molecule has 0 saturated heterocycles. The Morgan fingerprint density at radius 1 is 1.09 bits per heavy atom. The average Bonchev–Trinajstić information content (AvgIpc) is 2.45. The molecule has 0 radical (unpaired) electrons. The van der Waals surface area contributed by atoms with E-state index in [-0.39, 0.29) is 0 Å². The van der Waals surface area contributed by atoms with Crippen LogP contribution in [-0.2, 0) is 4.79 Å². The molecule has 0 N–H and O–H groups in total. The third-order valence-corrected chi connectivity index (χ3v) is 5.69. The highest BCUT2D eigenvalue weighted by molar-refractivity contribution is 5.95. The fraction of sp³-hybridized carbons (Fsp3) is 0.850. The Bertz CT molecular complexity index is 425. The number of carbonyl (C=O) groups is 1. The minimum absolute atomic E-state index is 0.369. The summed E-state index contributed by atoms with van der Waals surface area (Å²) in [4.78, 5) is 15.4. The van der Waals surface area contributed by atoms with Gasteiger partial charge in [-0.05, 0) is 57.3 Å². The standard InChI is InChI=1S/C20H35NO/c1-6-8-16-14-15(3)21(19(22)18(16)9-7-2)17-10-12-20(4,5)13-11-17/h15,17H,6-14H2,1-5H3/t15-/m1/s1. The van der Waals surface area contributed by atoms with Gasteiger partial charge in [0.05, 0.1) is 0 Å². The molecule has 2 nitrogen and oxygen atoms in total. The molecule has 1 atom stereocenters. The minimum Gasteiger partial charge on any atom is -0.333 e. The smallest absolute Gasteiger partial charge is 0.250 e. The molecule has 0 unspecified atom stereocenters. The van der Waals surface area contributed by atoms with E-state index in [9.17, 15) is 4.79 Å². The van der Waals surface area contributed by atoms with Crippen LogP contribution in [0.2, 0.25) is 0 Å². The summed E-state index contributed by atoms with van der Waals surface area (Å²) in [7, 11) is 0. The Balaban J connectivity index is 2.18. The first-order valence-electron chi connectivity index (χ1n) is 9.43. The zero-order chi connectivity index (χ0) is 16.3. The molecule has 0 bridgehead atoms. The highest BCUT2D eigenvalue weighted by atomic mass is 16.2. The second kappa shape index (κ2) is 7.19. The minimum atomic E-state index is 0.369. The summed E-state index contributed by atoms with van der Waals surface area (Å²) in [6.07, 6.45) is 10.3. The summed E-state index contributed by atoms with van der Waals surface area (Å²) in [5.74, 6) is 0.369. The molecule has 0 spiro atoms. The molecule has 0 aromatic rings. The molecule has 1 aliphatic carbocycles. The van der Waals surface area contributed by atoms with Gasteiger partial charge in [0.25, 0.3) is 0 Å². The van der Waals surface area contributed by atoms with E-state index in [1.807, 2.05) is 0 Å². The third kappa shape index (κ3) is 3.75. The van der Waals surface area contributed by atoms with Crippen LogP contribution >= 0.6 is 0 Å². The van der Waals surface area contributed by atoms with E-state index in [0.29, 0.717) is 23.4 Å². The molecule has 1 amide bonds. The fourth-order valence-corrected chi connectivity index (χ4v) is 4.36. The highest BCUT2D eigenvalue weighted by Crippen LogP contribution is 2.40. The van der Waals surface area contributed by atoms with Crippen LogP contribution in [-0.4, -0.2) is 22.9 Å². The van der Waals surface area contributed by atoms with Gasteiger partial charge in [0.2, 0.25) is 5.91 Å². The maximum Gasteiger partial charge on any atom is 0.250 e. The van der Waals surface area contributed by atoms with Gasteiger partial charge in [0.1, 0.15) is 0 Å². The molecule has 2 heteroatoms. The fourth-order valence-electron chi connectivity index (χ4n) is 4.36. The van der Waals surface area contributed by atoms with Crippen molar-refractivity contribution in [2.75, 3.05) is 0 Å². The van der Waals surface area contributed by atoms with Crippen molar-refractivity contribution in [2.45, 2.75) is 104 Å². The van der Waals surface area contributed by atoms with Crippen molar-refractivity contribution in [1.82, 2.24) is 4.90 Å². The molecule has 22 heavy (non-hydrogen) atoms. The van der Waals surface area contributed by atoms with Crippen LogP contribution in [0.5, 0.6) is 0 Å². The summed E-state index contributed by atoms with van der Waals surface area (Å²) in [6, 6.07) is 0.867. The van der Waals surface area contributed by atoms with Gasteiger partial charge < -0.3 is 4.90 Å². The van der Waals surface area contributed by atoms with E-state index in [1.54, 1.807) is 0 Å². The Morgan fingerprint density at radius 3 is 2.23 bits per heavy atom. The molecule has 1 aliphatic heterocycles. The van der Waals surface area contributed by atoms with Gasteiger partial charge >= 0.3 is 0 Å². The van der Waals surface area contributed by atoms with Crippen molar-refractivity contribution < 1.29 is 4.79 Å². The quantitative estimate of drug-likeness (QED) is 0.659. The lowest BCUT2D eigenvalue weighted by atomic mass is 9.74. The predicted molar refractivity (Wildman–Crippen MR) is 93.8 cm³/mol. The van der Waals surface area contributed by atoms with E-state index < -0.39 is 0 Å². The maximum absolute atomic E-state index is 13.1. The highest BCUT2D eigenvalue weighted by Gasteiger charge is 2.38. The Hall–Kier alpha value is -0.790. The normalized spacial score (nSPS) is 26.7. The second-order valence-electron chi connectivity index (χ2n) is 8.24. The number of rotatable bonds is 5. The maximum atomic E-state index is 13.1. The molecule has 1 heterocycles. The Labute approximate surface area is 137 Å². The average molecular weight is 306 g/mol. The van der Waals surface area contributed by atoms with Crippen molar-refractivity contribution in [3.8, 4) is 0 Å². The molecular formula is C20H35NO. The van der Waals surface area contributed by atoms with E-state index in [4.69, 9.17) is 0 Å². The number of hydrogen-bond acceptors (Lipinski definition) is 1. The zero-order valence-electron chi connectivity index (χ0n) is 15.4. The van der Waals surface area contributed by atoms with E-state index in [0.717, 1.165) is 37.7 Å². The topological polar surface area (TPSA) is 20.3 Å². The van der Waals surface area contributed by atoms with Crippen LogP contribution in [0, 0.1) is 5.41 Å². The first-order valence-corrected chi connectivity index (χ1v) is 9.43. The van der Waals surface area contributed by atoms with Gasteiger partial charge in [-0.25, -0.2) is 0 Å². The number of nitrogens with zero attached hydrogens (tertiary/aromatic N) is 1. The Morgan fingerprint density at radius 2 is 1.68 bits per heavy atom. The van der Waals surface area contributed by atoms with Crippen molar-refractivity contribution in [1.29, 1.82) is 0 Å². The van der Waals surface area contributed by atoms with Crippen LogP contribution < -0.4 is 0 Å². The van der Waals surface area contributed by atoms with Crippen molar-refractivity contribution in [3.05, 3.63) is 11.1 Å². The first-order chi connectivity index (χ1) is 10.4. The summed E-state index contributed by atoms with van der Waals surface area (Å²) in [5, 5.41) is 0. The second-order valence-corrected chi connectivity index (χ2v) is 8.24. The monoisotopic (exact) mass is 305 g/mol. The van der Waals surface area contributed by atoms with Gasteiger partial charge in [0.15, 0.2) is 0 Å². The SMILES string of the molecule is CCCC1=C(CCC)C(=O)N(C2CCC(C)(C)CC2)[C@H](C)C1. The van der Waals surface area contributed by atoms with Crippen LogP contribution in [0.4, 0.5) is 0 Å². The molecule has 2 rings (SSSR count). The largest absolute Gasteiger partial charge is 0.333 e. The molecule has 0 aromatic carbocycles. The third-order valence-electron chi connectivity index (χ3n) is 5.69. The molecule has 1 fully saturated rings. The van der Waals surface area contributed by atoms with Gasteiger partial charge in [-0.3, -0.25) is 4.79 Å². The molecule has 0 aromatic heterocycles. The van der Waals surface area contributed by atoms with Crippen molar-refractivity contribution in [2.24, 2.45) is 5.41 Å². The van der Waals surface area contributed by atoms with Gasteiger partial charge in [-0.2, -0.15) is 0 Å².